The molecule has 0 radical (unpaired) electrons. The zero-order valence-electron chi connectivity index (χ0n) is 9.63. The molecule has 82 valence electrons. The molecule has 0 saturated carbocycles. The zero-order valence-corrected chi connectivity index (χ0v) is 14.2. The minimum Gasteiger partial charge on any atom is -0.727 e. The van der Waals surface area contributed by atoms with Crippen LogP contribution in [0, 0.1) is 0 Å². The van der Waals surface area contributed by atoms with Crippen molar-refractivity contribution in [1.82, 2.24) is 4.67 Å². The van der Waals surface area contributed by atoms with Gasteiger partial charge in [-0.05, 0) is 18.1 Å². The second-order valence-corrected chi connectivity index (χ2v) is 9.86. The summed E-state index contributed by atoms with van der Waals surface area (Å²) >= 11 is 11.4. The van der Waals surface area contributed by atoms with E-state index in [4.69, 9.17) is 24.1 Å². The predicted octanol–water partition coefficient (Wildman–Crippen LogP) is -0.342. The zero-order chi connectivity index (χ0) is 10.7. The van der Waals surface area contributed by atoms with E-state index in [0.717, 1.165) is 13.1 Å². The third-order valence-corrected chi connectivity index (χ3v) is 7.53. The molecule has 1 aliphatic heterocycles. The van der Waals surface area contributed by atoms with Crippen molar-refractivity contribution in [3.05, 3.63) is 30.3 Å². The summed E-state index contributed by atoms with van der Waals surface area (Å²) in [6.07, 6.45) is 3.83. The van der Waals surface area contributed by atoms with E-state index in [1.165, 1.54) is 24.6 Å². The van der Waals surface area contributed by atoms with Crippen LogP contribution in [-0.2, 0) is 24.1 Å². The Labute approximate surface area is 131 Å². The van der Waals surface area contributed by atoms with Gasteiger partial charge < -0.3 is 12.2 Å². The largest absolute Gasteiger partial charge is 1.00 e. The average molecular weight is 279 g/mol. The fraction of sp³-hybridized carbons (Fsp3) is 0.455. The van der Waals surface area contributed by atoms with Crippen molar-refractivity contribution in [3.63, 3.8) is 0 Å². The van der Waals surface area contributed by atoms with Crippen LogP contribution in [0.25, 0.3) is 0 Å². The van der Waals surface area contributed by atoms with Crippen LogP contribution in [0.1, 0.15) is 19.3 Å². The van der Waals surface area contributed by atoms with Crippen molar-refractivity contribution in [2.75, 3.05) is 13.1 Å². The number of hydrogen-bond donors (Lipinski definition) is 0. The number of hydrogen-bond acceptors (Lipinski definition) is 2. The molecular weight excluding hydrogens is 264 g/mol. The number of nitrogens with zero attached hydrogens (tertiary/aromatic N) is 1. The minimum absolute atomic E-state index is 0. The molecule has 0 bridgehead atoms. The van der Waals surface area contributed by atoms with Crippen molar-refractivity contribution in [3.8, 4) is 0 Å². The molecule has 0 aromatic heterocycles. The standard InChI is InChI=1S/C11H16NPS2.Na/c14-13(15,11-7-3-1-4-8-11)12-9-5-2-6-10-12;/h1,3-4,7-8H,2,5-6,9-10H2,(H,14,15);/q;+1/p-1. The van der Waals surface area contributed by atoms with E-state index >= 15 is 0 Å². The molecule has 1 unspecified atom stereocenters. The SMILES string of the molecule is S=P([S-])(c1ccccc1)N1CCCCC1.[Na+]. The van der Waals surface area contributed by atoms with Gasteiger partial charge in [0.15, 0.2) is 0 Å². The summed E-state index contributed by atoms with van der Waals surface area (Å²) in [5, 5.41) is -0.693. The van der Waals surface area contributed by atoms with E-state index < -0.39 is 5.39 Å². The van der Waals surface area contributed by atoms with Crippen molar-refractivity contribution in [2.45, 2.75) is 19.3 Å². The van der Waals surface area contributed by atoms with Crippen molar-refractivity contribution in [2.24, 2.45) is 0 Å². The van der Waals surface area contributed by atoms with Gasteiger partial charge in [-0.25, -0.2) is 0 Å². The summed E-state index contributed by atoms with van der Waals surface area (Å²) in [4.78, 5) is 0. The average Bonchev–Trinajstić information content (AvgIpc) is 2.31. The molecule has 5 heteroatoms. The second kappa shape index (κ2) is 6.94. The van der Waals surface area contributed by atoms with Crippen molar-refractivity contribution < 1.29 is 29.6 Å². The van der Waals surface area contributed by atoms with Crippen LogP contribution >= 0.6 is 5.39 Å². The van der Waals surface area contributed by atoms with Gasteiger partial charge in [-0.1, -0.05) is 42.1 Å². The first-order chi connectivity index (χ1) is 7.21. The van der Waals surface area contributed by atoms with E-state index in [9.17, 15) is 0 Å². The Hall–Kier alpha value is 1.18. The summed E-state index contributed by atoms with van der Waals surface area (Å²) < 4.78 is 2.36. The normalized spacial score (nSPS) is 20.8. The van der Waals surface area contributed by atoms with E-state index in [-0.39, 0.29) is 29.6 Å². The summed E-state index contributed by atoms with van der Waals surface area (Å²) in [5.41, 5.74) is 0. The molecule has 1 heterocycles. The van der Waals surface area contributed by atoms with Gasteiger partial charge in [0.05, 0.1) is 0 Å². The number of piperidine rings is 1. The maximum atomic E-state index is 5.68. The fourth-order valence-corrected chi connectivity index (χ4v) is 5.32. The molecule has 1 aromatic rings. The molecule has 16 heavy (non-hydrogen) atoms. The molecule has 0 N–H and O–H groups in total. The van der Waals surface area contributed by atoms with E-state index in [1.807, 2.05) is 18.2 Å². The summed E-state index contributed by atoms with van der Waals surface area (Å²) in [6, 6.07) is 10.3. The van der Waals surface area contributed by atoms with Gasteiger partial charge in [-0.3, -0.25) is 4.67 Å². The van der Waals surface area contributed by atoms with E-state index in [2.05, 4.69) is 16.8 Å². The first-order valence-electron chi connectivity index (χ1n) is 5.33. The van der Waals surface area contributed by atoms with Crippen molar-refractivity contribution >= 4 is 34.8 Å². The van der Waals surface area contributed by atoms with Gasteiger partial charge in [0.2, 0.25) is 0 Å². The Morgan fingerprint density at radius 2 is 1.62 bits per heavy atom. The van der Waals surface area contributed by atoms with Crippen LogP contribution in [0.4, 0.5) is 0 Å². The third kappa shape index (κ3) is 3.58. The van der Waals surface area contributed by atoms with Gasteiger partial charge in [-0.2, -0.15) is 0 Å². The Morgan fingerprint density at radius 3 is 2.19 bits per heavy atom. The Balaban J connectivity index is 0.00000128. The molecule has 1 nitrogen and oxygen atoms in total. The first kappa shape index (κ1) is 15.2. The van der Waals surface area contributed by atoms with Crippen LogP contribution in [0.5, 0.6) is 0 Å². The Bertz CT molecular complexity index is 366. The van der Waals surface area contributed by atoms with Crippen LogP contribution < -0.4 is 34.9 Å². The van der Waals surface area contributed by atoms with E-state index in [1.54, 1.807) is 0 Å². The first-order valence-corrected chi connectivity index (χ1v) is 9.10. The summed E-state index contributed by atoms with van der Waals surface area (Å²) in [7, 11) is 0. The Kier molecular flexibility index (Phi) is 6.61. The van der Waals surface area contributed by atoms with E-state index in [0.29, 0.717) is 0 Å². The second-order valence-electron chi connectivity index (χ2n) is 3.87. The van der Waals surface area contributed by atoms with Crippen LogP contribution in [-0.4, -0.2) is 17.8 Å². The van der Waals surface area contributed by atoms with Crippen molar-refractivity contribution in [1.29, 1.82) is 0 Å². The van der Waals surface area contributed by atoms with Gasteiger partial charge >= 0.3 is 29.6 Å². The maximum absolute atomic E-state index is 5.68. The molecule has 1 aliphatic rings. The molecule has 0 spiro atoms. The number of rotatable bonds is 2. The maximum Gasteiger partial charge on any atom is 1.00 e. The van der Waals surface area contributed by atoms with Crippen LogP contribution in [0.15, 0.2) is 30.3 Å². The molecule has 2 rings (SSSR count). The summed E-state index contributed by atoms with van der Waals surface area (Å²) in [6.45, 7) is 2.19. The van der Waals surface area contributed by atoms with Gasteiger partial charge in [0, 0.05) is 13.1 Å². The molecule has 1 atom stereocenters. The van der Waals surface area contributed by atoms with Crippen LogP contribution in [0.2, 0.25) is 0 Å². The Morgan fingerprint density at radius 1 is 1.06 bits per heavy atom. The summed E-state index contributed by atoms with van der Waals surface area (Å²) in [5.74, 6) is 0. The van der Waals surface area contributed by atoms with Crippen LogP contribution in [0.3, 0.4) is 0 Å². The minimum atomic E-state index is -1.87. The monoisotopic (exact) mass is 279 g/mol. The number of benzene rings is 1. The van der Waals surface area contributed by atoms with Gasteiger partial charge in [-0.15, -0.1) is 11.8 Å². The van der Waals surface area contributed by atoms with Gasteiger partial charge in [0.1, 0.15) is 0 Å². The molecular formula is C11H15NNaPS2. The molecule has 1 fully saturated rings. The third-order valence-electron chi connectivity index (χ3n) is 2.79. The quantitative estimate of drug-likeness (QED) is 0.414. The molecule has 0 aliphatic carbocycles. The fourth-order valence-electron chi connectivity index (χ4n) is 1.92. The smallest absolute Gasteiger partial charge is 0.727 e. The molecule has 1 saturated heterocycles. The predicted molar refractivity (Wildman–Crippen MR) is 73.2 cm³/mol. The topological polar surface area (TPSA) is 3.24 Å². The van der Waals surface area contributed by atoms with Gasteiger partial charge in [0.25, 0.3) is 0 Å². The molecule has 0 amide bonds. The molecule has 1 aromatic carbocycles.